The predicted molar refractivity (Wildman–Crippen MR) is 109 cm³/mol. The smallest absolute Gasteiger partial charge is 0.409 e. The van der Waals surface area contributed by atoms with E-state index in [2.05, 4.69) is 10.2 Å². The standard InChI is InChI=1S/C20H29ClN4O3/c1-2-28-20(27)25-9-7-16(8-10-25)22-19(26)15-23-11-13-24(14-12-23)18-6-4-3-5-17(18)21/h3-6,16H,2,7-15H2,1H3,(H,22,26)/p+1. The number of carbonyl (C=O) groups is 2. The normalized spacial score (nSPS) is 18.8. The van der Waals surface area contributed by atoms with Gasteiger partial charge in [0.15, 0.2) is 6.54 Å². The summed E-state index contributed by atoms with van der Waals surface area (Å²) in [6, 6.07) is 8.04. The van der Waals surface area contributed by atoms with Gasteiger partial charge in [-0.1, -0.05) is 23.7 Å². The number of nitrogens with zero attached hydrogens (tertiary/aromatic N) is 2. The maximum Gasteiger partial charge on any atom is 0.409 e. The fourth-order valence-corrected chi connectivity index (χ4v) is 4.13. The third-order valence-electron chi connectivity index (χ3n) is 5.46. The topological polar surface area (TPSA) is 66.3 Å². The quantitative estimate of drug-likeness (QED) is 0.754. The lowest BCUT2D eigenvalue weighted by atomic mass is 10.1. The van der Waals surface area contributed by atoms with Gasteiger partial charge in [0.1, 0.15) is 0 Å². The van der Waals surface area contributed by atoms with Gasteiger partial charge >= 0.3 is 6.09 Å². The zero-order valence-corrected chi connectivity index (χ0v) is 17.2. The fraction of sp³-hybridized carbons (Fsp3) is 0.600. The molecule has 2 N–H and O–H groups in total. The molecule has 0 atom stereocenters. The van der Waals surface area contributed by atoms with Crippen LogP contribution in [0.2, 0.25) is 5.02 Å². The molecular weight excluding hydrogens is 380 g/mol. The molecular formula is C20H30ClN4O3+. The van der Waals surface area contributed by atoms with Crippen molar-refractivity contribution < 1.29 is 19.2 Å². The molecule has 2 fully saturated rings. The number of hydrogen-bond donors (Lipinski definition) is 2. The van der Waals surface area contributed by atoms with Crippen LogP contribution in [-0.2, 0) is 9.53 Å². The van der Waals surface area contributed by atoms with Gasteiger partial charge < -0.3 is 24.8 Å². The van der Waals surface area contributed by atoms with Crippen molar-refractivity contribution in [1.82, 2.24) is 10.2 Å². The van der Waals surface area contributed by atoms with Crippen molar-refractivity contribution >= 4 is 29.3 Å². The molecule has 2 heterocycles. The number of anilines is 1. The third kappa shape index (κ3) is 5.52. The second-order valence-corrected chi connectivity index (χ2v) is 7.80. The molecule has 0 bridgehead atoms. The molecule has 28 heavy (non-hydrogen) atoms. The van der Waals surface area contributed by atoms with Crippen LogP contribution in [0, 0.1) is 0 Å². The molecule has 7 nitrogen and oxygen atoms in total. The maximum absolute atomic E-state index is 12.4. The van der Waals surface area contributed by atoms with Crippen LogP contribution in [0.4, 0.5) is 10.5 Å². The van der Waals surface area contributed by atoms with E-state index in [0.29, 0.717) is 26.2 Å². The first-order chi connectivity index (χ1) is 13.6. The van der Waals surface area contributed by atoms with E-state index in [9.17, 15) is 9.59 Å². The molecule has 2 amide bonds. The van der Waals surface area contributed by atoms with Crippen LogP contribution in [0.15, 0.2) is 24.3 Å². The predicted octanol–water partition coefficient (Wildman–Crippen LogP) is 0.782. The van der Waals surface area contributed by atoms with Crippen LogP contribution in [0.25, 0.3) is 0 Å². The molecule has 0 aliphatic carbocycles. The lowest BCUT2D eigenvalue weighted by Crippen LogP contribution is -3.16. The number of halogens is 1. The number of benzene rings is 1. The number of likely N-dealkylation sites (tertiary alicyclic amines) is 1. The van der Waals surface area contributed by atoms with Gasteiger partial charge in [-0.15, -0.1) is 0 Å². The first kappa shape index (κ1) is 20.7. The third-order valence-corrected chi connectivity index (χ3v) is 5.78. The van der Waals surface area contributed by atoms with E-state index >= 15 is 0 Å². The average molecular weight is 410 g/mol. The van der Waals surface area contributed by atoms with E-state index in [1.165, 1.54) is 4.90 Å². The number of carbonyl (C=O) groups excluding carboxylic acids is 2. The Morgan fingerprint density at radius 2 is 1.86 bits per heavy atom. The van der Waals surface area contributed by atoms with Crippen LogP contribution >= 0.6 is 11.6 Å². The summed E-state index contributed by atoms with van der Waals surface area (Å²) in [5.74, 6) is 0.0933. The highest BCUT2D eigenvalue weighted by molar-refractivity contribution is 6.33. The molecule has 1 aromatic rings. The number of piperazine rings is 1. The molecule has 2 saturated heterocycles. The number of amides is 2. The molecule has 0 unspecified atom stereocenters. The van der Waals surface area contributed by atoms with Crippen LogP contribution in [0.3, 0.4) is 0 Å². The summed E-state index contributed by atoms with van der Waals surface area (Å²) in [5, 5.41) is 3.91. The zero-order chi connectivity index (χ0) is 19.9. The van der Waals surface area contributed by atoms with Crippen molar-refractivity contribution in [2.45, 2.75) is 25.8 Å². The van der Waals surface area contributed by atoms with Crippen molar-refractivity contribution in [3.63, 3.8) is 0 Å². The largest absolute Gasteiger partial charge is 0.450 e. The average Bonchev–Trinajstić information content (AvgIpc) is 2.70. The Bertz CT molecular complexity index is 671. The van der Waals surface area contributed by atoms with Crippen LogP contribution < -0.4 is 15.1 Å². The number of ether oxygens (including phenoxy) is 1. The maximum atomic E-state index is 12.4. The van der Waals surface area contributed by atoms with Crippen LogP contribution in [-0.4, -0.2) is 75.4 Å². The number of hydrogen-bond acceptors (Lipinski definition) is 4. The number of piperidine rings is 1. The van der Waals surface area contributed by atoms with Gasteiger partial charge in [0.25, 0.3) is 5.91 Å². The molecule has 0 aromatic heterocycles. The number of rotatable bonds is 5. The summed E-state index contributed by atoms with van der Waals surface area (Å²) in [6.07, 6.45) is 1.30. The Hall–Kier alpha value is -1.99. The van der Waals surface area contributed by atoms with Gasteiger partial charge in [0, 0.05) is 19.1 Å². The van der Waals surface area contributed by atoms with Crippen molar-refractivity contribution in [1.29, 1.82) is 0 Å². The SMILES string of the molecule is CCOC(=O)N1CCC(NC(=O)C[NH+]2CCN(c3ccccc3Cl)CC2)CC1. The van der Waals surface area contributed by atoms with E-state index in [-0.39, 0.29) is 18.0 Å². The number of nitrogens with one attached hydrogen (secondary N) is 2. The molecule has 0 spiro atoms. The highest BCUT2D eigenvalue weighted by Crippen LogP contribution is 2.24. The minimum atomic E-state index is -0.256. The highest BCUT2D eigenvalue weighted by Gasteiger charge is 2.27. The zero-order valence-electron chi connectivity index (χ0n) is 16.5. The molecule has 0 radical (unpaired) electrons. The molecule has 3 rings (SSSR count). The molecule has 0 saturated carbocycles. The summed E-state index contributed by atoms with van der Waals surface area (Å²) >= 11 is 6.29. The van der Waals surface area contributed by atoms with Gasteiger partial charge in [-0.2, -0.15) is 0 Å². The fourth-order valence-electron chi connectivity index (χ4n) is 3.88. The van der Waals surface area contributed by atoms with Gasteiger partial charge in [-0.25, -0.2) is 4.79 Å². The Morgan fingerprint density at radius 3 is 2.50 bits per heavy atom. The monoisotopic (exact) mass is 409 g/mol. The van der Waals surface area contributed by atoms with Crippen molar-refractivity contribution in [2.24, 2.45) is 0 Å². The van der Waals surface area contributed by atoms with Crippen molar-refractivity contribution in [3.05, 3.63) is 29.3 Å². The Morgan fingerprint density at radius 1 is 1.18 bits per heavy atom. The van der Waals surface area contributed by atoms with Gasteiger partial charge in [0.05, 0.1) is 43.5 Å². The van der Waals surface area contributed by atoms with Crippen molar-refractivity contribution in [2.75, 3.05) is 57.3 Å². The summed E-state index contributed by atoms with van der Waals surface area (Å²) in [6.45, 7) is 7.58. The lowest BCUT2D eigenvalue weighted by Gasteiger charge is -2.34. The second-order valence-electron chi connectivity index (χ2n) is 7.39. The van der Waals surface area contributed by atoms with Gasteiger partial charge in [-0.3, -0.25) is 4.79 Å². The van der Waals surface area contributed by atoms with E-state index in [0.717, 1.165) is 49.7 Å². The molecule has 8 heteroatoms. The molecule has 2 aliphatic heterocycles. The minimum absolute atomic E-state index is 0.0933. The van der Waals surface area contributed by atoms with Crippen molar-refractivity contribution in [3.8, 4) is 0 Å². The van der Waals surface area contributed by atoms with Gasteiger partial charge in [-0.05, 0) is 31.9 Å². The Labute approximate surface area is 171 Å². The van der Waals surface area contributed by atoms with Crippen LogP contribution in [0.1, 0.15) is 19.8 Å². The first-order valence-electron chi connectivity index (χ1n) is 10.1. The van der Waals surface area contributed by atoms with E-state index in [1.54, 1.807) is 4.90 Å². The Kier molecular flexibility index (Phi) is 7.39. The van der Waals surface area contributed by atoms with E-state index in [4.69, 9.17) is 16.3 Å². The molecule has 2 aliphatic rings. The van der Waals surface area contributed by atoms with E-state index < -0.39 is 0 Å². The summed E-state index contributed by atoms with van der Waals surface area (Å²) in [5.41, 5.74) is 1.07. The van der Waals surface area contributed by atoms with Crippen LogP contribution in [0.5, 0.6) is 0 Å². The minimum Gasteiger partial charge on any atom is -0.450 e. The Balaban J connectivity index is 1.37. The first-order valence-corrected chi connectivity index (χ1v) is 10.5. The summed E-state index contributed by atoms with van der Waals surface area (Å²) in [7, 11) is 0. The molecule has 1 aromatic carbocycles. The molecule has 154 valence electrons. The summed E-state index contributed by atoms with van der Waals surface area (Å²) in [4.78, 5) is 29.5. The van der Waals surface area contributed by atoms with E-state index in [1.807, 2.05) is 31.2 Å². The van der Waals surface area contributed by atoms with Gasteiger partial charge in [0.2, 0.25) is 0 Å². The number of quaternary nitrogens is 1. The highest BCUT2D eigenvalue weighted by atomic mass is 35.5. The lowest BCUT2D eigenvalue weighted by molar-refractivity contribution is -0.892. The summed E-state index contributed by atoms with van der Waals surface area (Å²) < 4.78 is 5.03. The second kappa shape index (κ2) is 9.98. The number of para-hydroxylation sites is 1.